The molecule has 5 heteroatoms. The number of benzene rings is 1. The maximum absolute atomic E-state index is 11.4. The van der Waals surface area contributed by atoms with Crippen molar-refractivity contribution in [3.05, 3.63) is 23.8 Å². The number of alkyl halides is 1. The van der Waals surface area contributed by atoms with Crippen molar-refractivity contribution in [3.63, 3.8) is 0 Å². The van der Waals surface area contributed by atoms with Crippen LogP contribution in [-0.2, 0) is 4.79 Å². The van der Waals surface area contributed by atoms with Gasteiger partial charge in [0.15, 0.2) is 0 Å². The van der Waals surface area contributed by atoms with Crippen molar-refractivity contribution in [1.82, 2.24) is 0 Å². The van der Waals surface area contributed by atoms with E-state index < -0.39 is 5.50 Å². The van der Waals surface area contributed by atoms with E-state index in [2.05, 4.69) is 5.32 Å². The molecular weight excluding hydrogens is 232 g/mol. The van der Waals surface area contributed by atoms with Crippen LogP contribution in [-0.4, -0.2) is 11.2 Å². The molecule has 1 amide bonds. The second-order valence-electron chi connectivity index (χ2n) is 3.41. The quantitative estimate of drug-likeness (QED) is 0.587. The molecule has 0 aromatic heterocycles. The maximum atomic E-state index is 11.4. The second kappa shape index (κ2) is 4.04. The normalized spacial score (nSPS) is 21.8. The molecule has 1 aromatic carbocycles. The van der Waals surface area contributed by atoms with Crippen LogP contribution in [0.3, 0.4) is 0 Å². The first-order valence-corrected chi connectivity index (χ1v) is 5.90. The summed E-state index contributed by atoms with van der Waals surface area (Å²) in [4.78, 5) is 12.5. The van der Waals surface area contributed by atoms with Crippen LogP contribution in [0.15, 0.2) is 23.1 Å². The fourth-order valence-electron chi connectivity index (χ4n) is 1.40. The molecule has 0 saturated heterocycles. The van der Waals surface area contributed by atoms with Gasteiger partial charge in [0.05, 0.1) is 10.9 Å². The van der Waals surface area contributed by atoms with E-state index >= 15 is 0 Å². The smallest absolute Gasteiger partial charge is 0.237 e. The molecule has 0 saturated carbocycles. The minimum absolute atomic E-state index is 0.0211. The zero-order valence-electron chi connectivity index (χ0n) is 8.16. The van der Waals surface area contributed by atoms with Gasteiger partial charge in [-0.25, -0.2) is 0 Å². The Morgan fingerprint density at radius 1 is 1.60 bits per heavy atom. The van der Waals surface area contributed by atoms with Crippen molar-refractivity contribution in [2.45, 2.75) is 22.6 Å². The standard InChI is InChI=1S/C10H11ClN2OS/c1-5-10(14)13-7-4-6(9(11)12)2-3-8(7)15-5/h2-5,9H,12H2,1H3,(H,13,14). The molecule has 0 fully saturated rings. The van der Waals surface area contributed by atoms with E-state index in [1.807, 2.05) is 25.1 Å². The Labute approximate surface area is 97.4 Å². The summed E-state index contributed by atoms with van der Waals surface area (Å²) in [5.74, 6) is 0.0211. The predicted octanol–water partition coefficient (Wildman–Crippen LogP) is 2.32. The molecule has 0 spiro atoms. The molecule has 1 aliphatic heterocycles. The second-order valence-corrected chi connectivity index (χ2v) is 5.26. The Bertz CT molecular complexity index is 408. The molecule has 2 unspecified atom stereocenters. The number of anilines is 1. The van der Waals surface area contributed by atoms with Crippen LogP contribution in [0.1, 0.15) is 18.0 Å². The van der Waals surface area contributed by atoms with Gasteiger partial charge in [-0.1, -0.05) is 6.07 Å². The van der Waals surface area contributed by atoms with Crippen molar-refractivity contribution in [2.24, 2.45) is 5.73 Å². The number of nitrogens with one attached hydrogen (secondary N) is 1. The Morgan fingerprint density at radius 3 is 3.00 bits per heavy atom. The number of carbonyl (C=O) groups excluding carboxylic acids is 1. The van der Waals surface area contributed by atoms with E-state index in [1.165, 1.54) is 0 Å². The molecule has 0 aliphatic carbocycles. The number of amides is 1. The van der Waals surface area contributed by atoms with Crippen molar-refractivity contribution < 1.29 is 4.79 Å². The van der Waals surface area contributed by atoms with Crippen LogP contribution >= 0.6 is 23.4 Å². The first-order valence-electron chi connectivity index (χ1n) is 4.59. The molecule has 1 heterocycles. The third-order valence-electron chi connectivity index (χ3n) is 2.25. The van der Waals surface area contributed by atoms with E-state index in [0.29, 0.717) is 0 Å². The summed E-state index contributed by atoms with van der Waals surface area (Å²) >= 11 is 7.31. The minimum atomic E-state index is -0.531. The van der Waals surface area contributed by atoms with Gasteiger partial charge in [0.25, 0.3) is 0 Å². The fourth-order valence-corrected chi connectivity index (χ4v) is 2.46. The number of hydrogen-bond acceptors (Lipinski definition) is 3. The molecule has 15 heavy (non-hydrogen) atoms. The number of nitrogens with two attached hydrogens (primary N) is 1. The van der Waals surface area contributed by atoms with Gasteiger partial charge in [-0.3, -0.25) is 4.79 Å². The van der Waals surface area contributed by atoms with Gasteiger partial charge in [-0.15, -0.1) is 23.4 Å². The highest BCUT2D eigenvalue weighted by Gasteiger charge is 2.23. The van der Waals surface area contributed by atoms with Crippen molar-refractivity contribution in [2.75, 3.05) is 5.32 Å². The summed E-state index contributed by atoms with van der Waals surface area (Å²) in [6, 6.07) is 5.64. The van der Waals surface area contributed by atoms with Gasteiger partial charge in [-0.2, -0.15) is 0 Å². The van der Waals surface area contributed by atoms with Crippen LogP contribution in [0.4, 0.5) is 5.69 Å². The summed E-state index contributed by atoms with van der Waals surface area (Å²) in [7, 11) is 0. The molecule has 2 rings (SSSR count). The van der Waals surface area contributed by atoms with Crippen molar-refractivity contribution in [3.8, 4) is 0 Å². The Morgan fingerprint density at radius 2 is 2.33 bits per heavy atom. The van der Waals surface area contributed by atoms with Crippen molar-refractivity contribution >= 4 is 35.0 Å². The molecule has 1 aromatic rings. The minimum Gasteiger partial charge on any atom is -0.324 e. The molecule has 80 valence electrons. The van der Waals surface area contributed by atoms with Gasteiger partial charge in [0.2, 0.25) is 5.91 Å². The highest BCUT2D eigenvalue weighted by molar-refractivity contribution is 8.00. The van der Waals surface area contributed by atoms with Gasteiger partial charge in [0, 0.05) is 4.90 Å². The Kier molecular flexibility index (Phi) is 2.91. The molecule has 3 nitrogen and oxygen atoms in total. The topological polar surface area (TPSA) is 55.1 Å². The van der Waals surface area contributed by atoms with Crippen LogP contribution in [0.5, 0.6) is 0 Å². The Hall–Kier alpha value is -0.710. The lowest BCUT2D eigenvalue weighted by atomic mass is 10.2. The predicted molar refractivity (Wildman–Crippen MR) is 63.2 cm³/mol. The Balaban J connectivity index is 2.37. The number of carbonyl (C=O) groups is 1. The van der Waals surface area contributed by atoms with Gasteiger partial charge >= 0.3 is 0 Å². The molecule has 3 N–H and O–H groups in total. The summed E-state index contributed by atoms with van der Waals surface area (Å²) in [6.45, 7) is 1.88. The SMILES string of the molecule is CC1Sc2ccc(C(N)Cl)cc2NC1=O. The lowest BCUT2D eigenvalue weighted by Gasteiger charge is -2.22. The zero-order valence-corrected chi connectivity index (χ0v) is 9.73. The van der Waals surface area contributed by atoms with Gasteiger partial charge < -0.3 is 11.1 Å². The van der Waals surface area contributed by atoms with Gasteiger partial charge in [-0.05, 0) is 24.6 Å². The number of halogens is 1. The number of rotatable bonds is 1. The van der Waals surface area contributed by atoms with Crippen molar-refractivity contribution in [1.29, 1.82) is 0 Å². The molecular formula is C10H11ClN2OS. The van der Waals surface area contributed by atoms with E-state index in [0.717, 1.165) is 16.1 Å². The third kappa shape index (κ3) is 2.12. The van der Waals surface area contributed by atoms with Crippen LogP contribution in [0.2, 0.25) is 0 Å². The summed E-state index contributed by atoms with van der Waals surface area (Å²) in [5, 5.41) is 2.78. The lowest BCUT2D eigenvalue weighted by molar-refractivity contribution is -0.115. The van der Waals surface area contributed by atoms with E-state index in [1.54, 1.807) is 11.8 Å². The maximum Gasteiger partial charge on any atom is 0.237 e. The summed E-state index contributed by atoms with van der Waals surface area (Å²) in [6.07, 6.45) is 0. The molecule has 0 radical (unpaired) electrons. The highest BCUT2D eigenvalue weighted by Crippen LogP contribution is 2.36. The average molecular weight is 243 g/mol. The van der Waals surface area contributed by atoms with Crippen LogP contribution in [0.25, 0.3) is 0 Å². The largest absolute Gasteiger partial charge is 0.324 e. The molecule has 0 bridgehead atoms. The first kappa shape index (κ1) is 10.8. The van der Waals surface area contributed by atoms with Crippen LogP contribution < -0.4 is 11.1 Å². The number of hydrogen-bond donors (Lipinski definition) is 2. The number of fused-ring (bicyclic) bond motifs is 1. The molecule has 1 aliphatic rings. The molecule has 2 atom stereocenters. The average Bonchev–Trinajstić information content (AvgIpc) is 2.19. The monoisotopic (exact) mass is 242 g/mol. The number of thioether (sulfide) groups is 1. The summed E-state index contributed by atoms with van der Waals surface area (Å²) in [5.41, 5.74) is 6.64. The van der Waals surface area contributed by atoms with Crippen LogP contribution in [0, 0.1) is 0 Å². The van der Waals surface area contributed by atoms with E-state index in [9.17, 15) is 4.79 Å². The van der Waals surface area contributed by atoms with Gasteiger partial charge in [0.1, 0.15) is 5.50 Å². The van der Waals surface area contributed by atoms with E-state index in [-0.39, 0.29) is 11.2 Å². The summed E-state index contributed by atoms with van der Waals surface area (Å²) < 4.78 is 0. The fraction of sp³-hybridized carbons (Fsp3) is 0.300. The van der Waals surface area contributed by atoms with E-state index in [4.69, 9.17) is 17.3 Å². The first-order chi connectivity index (χ1) is 7.08. The highest BCUT2D eigenvalue weighted by atomic mass is 35.5. The zero-order chi connectivity index (χ0) is 11.0. The lowest BCUT2D eigenvalue weighted by Crippen LogP contribution is -2.26. The third-order valence-corrected chi connectivity index (χ3v) is 3.68.